The summed E-state index contributed by atoms with van der Waals surface area (Å²) in [6, 6.07) is 8.30. The third-order valence-corrected chi connectivity index (χ3v) is 7.32. The van der Waals surface area contributed by atoms with Gasteiger partial charge in [-0.25, -0.2) is 13.2 Å². The molecule has 1 fully saturated rings. The van der Waals surface area contributed by atoms with Crippen LogP contribution in [0.4, 0.5) is 0 Å². The number of nitrogens with zero attached hydrogens (tertiary/aromatic N) is 1. The van der Waals surface area contributed by atoms with Crippen LogP contribution in [-0.4, -0.2) is 51.3 Å². The van der Waals surface area contributed by atoms with Gasteiger partial charge < -0.3 is 9.47 Å². The summed E-state index contributed by atoms with van der Waals surface area (Å²) >= 11 is 11.7. The number of rotatable bonds is 7. The molecule has 0 amide bonds. The van der Waals surface area contributed by atoms with Crippen LogP contribution in [0, 0.1) is 0 Å². The molecule has 0 N–H and O–H groups in total. The van der Waals surface area contributed by atoms with Crippen LogP contribution in [0.25, 0.3) is 0 Å². The molecule has 1 heterocycles. The zero-order valence-electron chi connectivity index (χ0n) is 16.1. The summed E-state index contributed by atoms with van der Waals surface area (Å²) in [5.41, 5.74) is 0.236. The van der Waals surface area contributed by atoms with Crippen molar-refractivity contribution in [2.45, 2.75) is 17.7 Å². The minimum absolute atomic E-state index is 0.00416. The molecule has 30 heavy (non-hydrogen) atoms. The highest BCUT2D eigenvalue weighted by atomic mass is 35.5. The molecule has 0 aliphatic carbocycles. The number of sulfonamides is 1. The Balaban J connectivity index is 1.77. The maximum atomic E-state index is 12.9. The van der Waals surface area contributed by atoms with Crippen LogP contribution in [0.2, 0.25) is 10.0 Å². The average Bonchev–Trinajstić information content (AvgIpc) is 3.29. The van der Waals surface area contributed by atoms with Crippen molar-refractivity contribution in [3.63, 3.8) is 0 Å². The molecule has 2 aromatic carbocycles. The first-order valence-electron chi connectivity index (χ1n) is 9.07. The summed E-state index contributed by atoms with van der Waals surface area (Å²) in [7, 11) is -2.46. The normalized spacial score (nSPS) is 14.5. The van der Waals surface area contributed by atoms with Gasteiger partial charge in [0.15, 0.2) is 12.4 Å². The predicted octanol–water partition coefficient (Wildman–Crippen LogP) is 3.83. The summed E-state index contributed by atoms with van der Waals surface area (Å²) in [5, 5.41) is 0.510. The predicted molar refractivity (Wildman–Crippen MR) is 112 cm³/mol. The fraction of sp³-hybridized carbons (Fsp3) is 0.300. The SMILES string of the molecule is COc1ccc(C(=O)OCC(=O)c2ccc(Cl)c(Cl)c2)cc1S(=O)(=O)N1CCCC1. The Hall–Kier alpha value is -2.13. The Labute approximate surface area is 184 Å². The number of benzene rings is 2. The Morgan fingerprint density at radius 1 is 1.00 bits per heavy atom. The highest BCUT2D eigenvalue weighted by Crippen LogP contribution is 2.30. The molecular weight excluding hydrogens is 453 g/mol. The van der Waals surface area contributed by atoms with Crippen LogP contribution >= 0.6 is 23.2 Å². The molecule has 1 aliphatic rings. The van der Waals surface area contributed by atoms with Gasteiger partial charge in [-0.15, -0.1) is 0 Å². The number of hydrogen-bond acceptors (Lipinski definition) is 6. The molecule has 7 nitrogen and oxygen atoms in total. The zero-order valence-corrected chi connectivity index (χ0v) is 18.4. The second-order valence-electron chi connectivity index (χ2n) is 6.61. The fourth-order valence-electron chi connectivity index (χ4n) is 3.04. The molecule has 10 heteroatoms. The molecule has 0 atom stereocenters. The van der Waals surface area contributed by atoms with Crippen molar-refractivity contribution >= 4 is 45.0 Å². The van der Waals surface area contributed by atoms with E-state index in [4.69, 9.17) is 32.7 Å². The third kappa shape index (κ3) is 4.78. The summed E-state index contributed by atoms with van der Waals surface area (Å²) in [6.07, 6.45) is 1.56. The van der Waals surface area contributed by atoms with E-state index in [1.165, 1.54) is 47.8 Å². The first kappa shape index (κ1) is 22.6. The van der Waals surface area contributed by atoms with Gasteiger partial charge in [0, 0.05) is 18.7 Å². The van der Waals surface area contributed by atoms with Gasteiger partial charge in [-0.1, -0.05) is 23.2 Å². The number of carbonyl (C=O) groups excluding carboxylic acids is 2. The molecule has 3 rings (SSSR count). The number of halogens is 2. The second kappa shape index (κ2) is 9.34. The zero-order chi connectivity index (χ0) is 21.9. The van der Waals surface area contributed by atoms with Crippen molar-refractivity contribution in [2.24, 2.45) is 0 Å². The molecule has 160 valence electrons. The summed E-state index contributed by atoms with van der Waals surface area (Å²) in [6.45, 7) is 0.299. The molecule has 0 aromatic heterocycles. The van der Waals surface area contributed by atoms with Gasteiger partial charge in [0.05, 0.1) is 22.7 Å². The smallest absolute Gasteiger partial charge is 0.338 e. The van der Waals surface area contributed by atoms with E-state index < -0.39 is 28.4 Å². The second-order valence-corrected chi connectivity index (χ2v) is 9.33. The minimum Gasteiger partial charge on any atom is -0.495 e. The number of methoxy groups -OCH3 is 1. The van der Waals surface area contributed by atoms with Gasteiger partial charge in [-0.05, 0) is 49.2 Å². The van der Waals surface area contributed by atoms with E-state index in [9.17, 15) is 18.0 Å². The topological polar surface area (TPSA) is 90.0 Å². The van der Waals surface area contributed by atoms with Crippen molar-refractivity contribution in [3.05, 3.63) is 57.6 Å². The Morgan fingerprint density at radius 2 is 1.67 bits per heavy atom. The highest BCUT2D eigenvalue weighted by Gasteiger charge is 2.31. The third-order valence-electron chi connectivity index (χ3n) is 4.66. The quantitative estimate of drug-likeness (QED) is 0.450. The van der Waals surface area contributed by atoms with Crippen LogP contribution in [0.1, 0.15) is 33.6 Å². The maximum Gasteiger partial charge on any atom is 0.338 e. The fourth-order valence-corrected chi connectivity index (χ4v) is 5.04. The number of hydrogen-bond donors (Lipinski definition) is 0. The first-order chi connectivity index (χ1) is 14.2. The Bertz CT molecular complexity index is 1080. The van der Waals surface area contributed by atoms with Crippen molar-refractivity contribution in [3.8, 4) is 5.75 Å². The molecule has 2 aromatic rings. The Morgan fingerprint density at radius 3 is 2.30 bits per heavy atom. The maximum absolute atomic E-state index is 12.9. The average molecular weight is 472 g/mol. The lowest BCUT2D eigenvalue weighted by Gasteiger charge is -2.18. The minimum atomic E-state index is -3.81. The van der Waals surface area contributed by atoms with E-state index in [1.807, 2.05) is 0 Å². The first-order valence-corrected chi connectivity index (χ1v) is 11.3. The largest absolute Gasteiger partial charge is 0.495 e. The van der Waals surface area contributed by atoms with Gasteiger partial charge in [0.2, 0.25) is 10.0 Å². The van der Waals surface area contributed by atoms with Crippen molar-refractivity contribution in [1.82, 2.24) is 4.31 Å². The van der Waals surface area contributed by atoms with Gasteiger partial charge in [-0.2, -0.15) is 4.31 Å². The summed E-state index contributed by atoms with van der Waals surface area (Å²) in [5.74, 6) is -1.17. The summed E-state index contributed by atoms with van der Waals surface area (Å²) < 4.78 is 37.4. The monoisotopic (exact) mass is 471 g/mol. The van der Waals surface area contributed by atoms with Crippen molar-refractivity contribution in [2.75, 3.05) is 26.8 Å². The summed E-state index contributed by atoms with van der Waals surface area (Å²) in [4.78, 5) is 24.6. The lowest BCUT2D eigenvalue weighted by molar-refractivity contribution is 0.0474. The van der Waals surface area contributed by atoms with E-state index in [-0.39, 0.29) is 26.8 Å². The lowest BCUT2D eigenvalue weighted by Crippen LogP contribution is -2.28. The number of Topliss-reactive ketones (excluding diaryl/α,β-unsaturated/α-hetero) is 1. The lowest BCUT2D eigenvalue weighted by atomic mass is 10.1. The van der Waals surface area contributed by atoms with Crippen molar-refractivity contribution in [1.29, 1.82) is 0 Å². The van der Waals surface area contributed by atoms with E-state index in [0.717, 1.165) is 12.8 Å². The van der Waals surface area contributed by atoms with Crippen LogP contribution < -0.4 is 4.74 Å². The molecule has 0 radical (unpaired) electrons. The van der Waals surface area contributed by atoms with Crippen LogP contribution in [-0.2, 0) is 14.8 Å². The van der Waals surface area contributed by atoms with Crippen LogP contribution in [0.5, 0.6) is 5.75 Å². The molecule has 0 bridgehead atoms. The number of carbonyl (C=O) groups is 2. The van der Waals surface area contributed by atoms with Gasteiger partial charge >= 0.3 is 5.97 Å². The van der Waals surface area contributed by atoms with Crippen molar-refractivity contribution < 1.29 is 27.5 Å². The van der Waals surface area contributed by atoms with E-state index in [2.05, 4.69) is 0 Å². The number of esters is 1. The highest BCUT2D eigenvalue weighted by molar-refractivity contribution is 7.89. The molecule has 0 spiro atoms. The van der Waals surface area contributed by atoms with Crippen LogP contribution in [0.15, 0.2) is 41.3 Å². The van der Waals surface area contributed by atoms with Gasteiger partial charge in [0.25, 0.3) is 0 Å². The Kier molecular flexibility index (Phi) is 7.02. The molecule has 0 unspecified atom stereocenters. The molecule has 1 saturated heterocycles. The van der Waals surface area contributed by atoms with E-state index in [1.54, 1.807) is 0 Å². The van der Waals surface area contributed by atoms with Gasteiger partial charge in [0.1, 0.15) is 10.6 Å². The standard InChI is InChI=1S/C20H19Cl2NO6S/c1-28-18-7-5-14(11-19(18)30(26,27)23-8-2-3-9-23)20(25)29-12-17(24)13-4-6-15(21)16(22)10-13/h4-7,10-11H,2-3,8-9,12H2,1H3. The van der Waals surface area contributed by atoms with Gasteiger partial charge in [-0.3, -0.25) is 4.79 Å². The van der Waals surface area contributed by atoms with E-state index in [0.29, 0.717) is 18.1 Å². The molecular formula is C20H19Cl2NO6S. The molecule has 1 aliphatic heterocycles. The van der Waals surface area contributed by atoms with Crippen LogP contribution in [0.3, 0.4) is 0 Å². The van der Waals surface area contributed by atoms with E-state index >= 15 is 0 Å². The number of ketones is 1. The molecule has 0 saturated carbocycles. The number of ether oxygens (including phenoxy) is 2.